The van der Waals surface area contributed by atoms with Gasteiger partial charge in [-0.25, -0.2) is 0 Å². The standard InChI is InChI=1S/C23H36N4O3/c1-17-8-9-19(21(12-17)30-16-18-10-11-29-15-18)13-25-23(24-2)26-14-22(28)27-20-6-4-3-5-7-20/h8-9,12,18,20H,3-7,10-11,13-16H2,1-2H3,(H,27,28)(H2,24,25,26). The van der Waals surface area contributed by atoms with Crippen molar-refractivity contribution in [1.29, 1.82) is 0 Å². The molecule has 1 saturated carbocycles. The fourth-order valence-electron chi connectivity index (χ4n) is 3.95. The van der Waals surface area contributed by atoms with E-state index in [0.29, 0.717) is 31.1 Å². The van der Waals surface area contributed by atoms with Crippen LogP contribution in [0.3, 0.4) is 0 Å². The minimum absolute atomic E-state index is 0.0167. The number of guanidine groups is 1. The van der Waals surface area contributed by atoms with E-state index in [0.717, 1.165) is 43.8 Å². The molecule has 1 aliphatic heterocycles. The van der Waals surface area contributed by atoms with Gasteiger partial charge in [0.15, 0.2) is 5.96 Å². The van der Waals surface area contributed by atoms with Crippen LogP contribution in [0.25, 0.3) is 0 Å². The summed E-state index contributed by atoms with van der Waals surface area (Å²) in [6.07, 6.45) is 6.91. The van der Waals surface area contributed by atoms with Crippen molar-refractivity contribution in [2.75, 3.05) is 33.4 Å². The van der Waals surface area contributed by atoms with Crippen molar-refractivity contribution in [2.24, 2.45) is 10.9 Å². The first-order valence-corrected chi connectivity index (χ1v) is 11.2. The molecule has 1 heterocycles. The normalized spacial score (nSPS) is 20.1. The molecule has 1 aromatic rings. The summed E-state index contributed by atoms with van der Waals surface area (Å²) in [5, 5.41) is 9.51. The highest BCUT2D eigenvalue weighted by molar-refractivity contribution is 5.86. The molecular formula is C23H36N4O3. The van der Waals surface area contributed by atoms with Gasteiger partial charge in [0.2, 0.25) is 5.91 Å². The van der Waals surface area contributed by atoms with Crippen molar-refractivity contribution >= 4 is 11.9 Å². The lowest BCUT2D eigenvalue weighted by atomic mass is 9.95. The number of carbonyl (C=O) groups is 1. The molecule has 30 heavy (non-hydrogen) atoms. The average molecular weight is 417 g/mol. The van der Waals surface area contributed by atoms with Gasteiger partial charge >= 0.3 is 0 Å². The summed E-state index contributed by atoms with van der Waals surface area (Å²) in [6.45, 7) is 5.13. The smallest absolute Gasteiger partial charge is 0.239 e. The second-order valence-corrected chi connectivity index (χ2v) is 8.33. The summed E-state index contributed by atoms with van der Waals surface area (Å²) in [6, 6.07) is 6.55. The number of carbonyl (C=O) groups excluding carboxylic acids is 1. The van der Waals surface area contributed by atoms with Gasteiger partial charge < -0.3 is 25.4 Å². The van der Waals surface area contributed by atoms with Gasteiger partial charge in [-0.3, -0.25) is 9.79 Å². The maximum atomic E-state index is 12.2. The lowest BCUT2D eigenvalue weighted by Crippen LogP contribution is -2.45. The first kappa shape index (κ1) is 22.4. The van der Waals surface area contributed by atoms with Crippen LogP contribution in [0, 0.1) is 12.8 Å². The van der Waals surface area contributed by atoms with Gasteiger partial charge in [0.25, 0.3) is 0 Å². The zero-order valence-electron chi connectivity index (χ0n) is 18.3. The van der Waals surface area contributed by atoms with E-state index in [-0.39, 0.29) is 12.5 Å². The molecule has 1 saturated heterocycles. The highest BCUT2D eigenvalue weighted by Gasteiger charge is 2.18. The molecule has 0 bridgehead atoms. The van der Waals surface area contributed by atoms with Crippen LogP contribution in [0.1, 0.15) is 49.7 Å². The zero-order valence-corrected chi connectivity index (χ0v) is 18.3. The molecule has 2 aliphatic rings. The Hall–Kier alpha value is -2.28. The Kier molecular flexibility index (Phi) is 8.81. The zero-order chi connectivity index (χ0) is 21.2. The molecule has 3 N–H and O–H groups in total. The Labute approximate surface area is 180 Å². The molecule has 3 rings (SSSR count). The Morgan fingerprint density at radius 2 is 2.03 bits per heavy atom. The first-order valence-electron chi connectivity index (χ1n) is 11.2. The van der Waals surface area contributed by atoms with Crippen molar-refractivity contribution in [3.63, 3.8) is 0 Å². The first-order chi connectivity index (χ1) is 14.6. The largest absolute Gasteiger partial charge is 0.493 e. The third-order valence-corrected chi connectivity index (χ3v) is 5.78. The molecule has 7 nitrogen and oxygen atoms in total. The predicted molar refractivity (Wildman–Crippen MR) is 119 cm³/mol. The van der Waals surface area contributed by atoms with Gasteiger partial charge in [-0.05, 0) is 37.8 Å². The lowest BCUT2D eigenvalue weighted by molar-refractivity contribution is -0.120. The second kappa shape index (κ2) is 11.8. The molecule has 166 valence electrons. The maximum absolute atomic E-state index is 12.2. The van der Waals surface area contributed by atoms with Crippen molar-refractivity contribution in [1.82, 2.24) is 16.0 Å². The van der Waals surface area contributed by atoms with Gasteiger partial charge in [-0.2, -0.15) is 0 Å². The Morgan fingerprint density at radius 1 is 1.20 bits per heavy atom. The van der Waals surface area contributed by atoms with Crippen molar-refractivity contribution in [2.45, 2.75) is 58.0 Å². The fourth-order valence-corrected chi connectivity index (χ4v) is 3.95. The Morgan fingerprint density at radius 3 is 2.77 bits per heavy atom. The van der Waals surface area contributed by atoms with E-state index in [1.165, 1.54) is 24.8 Å². The highest BCUT2D eigenvalue weighted by Crippen LogP contribution is 2.22. The summed E-state index contributed by atoms with van der Waals surface area (Å²) >= 11 is 0. The number of benzene rings is 1. The van der Waals surface area contributed by atoms with Crippen LogP contribution in [0.2, 0.25) is 0 Å². The molecule has 1 amide bonds. The molecular weight excluding hydrogens is 380 g/mol. The van der Waals surface area contributed by atoms with E-state index < -0.39 is 0 Å². The number of hydrogen-bond donors (Lipinski definition) is 3. The third kappa shape index (κ3) is 7.20. The van der Waals surface area contributed by atoms with Crippen LogP contribution in [0.4, 0.5) is 0 Å². The van der Waals surface area contributed by atoms with Crippen LogP contribution in [-0.4, -0.2) is 51.3 Å². The van der Waals surface area contributed by atoms with E-state index in [4.69, 9.17) is 9.47 Å². The Bertz CT molecular complexity index is 710. The monoisotopic (exact) mass is 416 g/mol. The minimum Gasteiger partial charge on any atom is -0.493 e. The SMILES string of the molecule is CN=C(NCC(=O)NC1CCCCC1)NCc1ccc(C)cc1OCC1CCOC1. The van der Waals surface area contributed by atoms with E-state index >= 15 is 0 Å². The van der Waals surface area contributed by atoms with Crippen LogP contribution in [0.15, 0.2) is 23.2 Å². The van der Waals surface area contributed by atoms with Gasteiger partial charge in [-0.1, -0.05) is 31.4 Å². The number of ether oxygens (including phenoxy) is 2. The predicted octanol–water partition coefficient (Wildman–Crippen LogP) is 2.52. The summed E-state index contributed by atoms with van der Waals surface area (Å²) in [5.74, 6) is 1.97. The lowest BCUT2D eigenvalue weighted by Gasteiger charge is -2.23. The quantitative estimate of drug-likeness (QED) is 0.448. The molecule has 1 atom stereocenters. The number of nitrogens with zero attached hydrogens (tertiary/aromatic N) is 1. The molecule has 1 aromatic carbocycles. The summed E-state index contributed by atoms with van der Waals surface area (Å²) in [7, 11) is 1.71. The van der Waals surface area contributed by atoms with Crippen LogP contribution < -0.4 is 20.7 Å². The van der Waals surface area contributed by atoms with Crippen LogP contribution in [0.5, 0.6) is 5.75 Å². The van der Waals surface area contributed by atoms with Crippen molar-refractivity contribution in [3.05, 3.63) is 29.3 Å². The van der Waals surface area contributed by atoms with Crippen LogP contribution >= 0.6 is 0 Å². The molecule has 2 fully saturated rings. The minimum atomic E-state index is 0.0167. The van der Waals surface area contributed by atoms with Gasteiger partial charge in [0.05, 0.1) is 19.8 Å². The van der Waals surface area contributed by atoms with Crippen LogP contribution in [-0.2, 0) is 16.1 Å². The molecule has 7 heteroatoms. The third-order valence-electron chi connectivity index (χ3n) is 5.78. The summed E-state index contributed by atoms with van der Waals surface area (Å²) in [5.41, 5.74) is 2.23. The number of amides is 1. The Balaban J connectivity index is 1.46. The van der Waals surface area contributed by atoms with Gasteiger partial charge in [0.1, 0.15) is 5.75 Å². The summed E-state index contributed by atoms with van der Waals surface area (Å²) < 4.78 is 11.5. The van der Waals surface area contributed by atoms with Crippen molar-refractivity contribution < 1.29 is 14.3 Å². The number of hydrogen-bond acceptors (Lipinski definition) is 4. The number of aliphatic imine (C=N–C) groups is 1. The molecule has 0 spiro atoms. The average Bonchev–Trinajstić information content (AvgIpc) is 3.28. The van der Waals surface area contributed by atoms with Gasteiger partial charge in [0, 0.05) is 37.7 Å². The number of aryl methyl sites for hydroxylation is 1. The maximum Gasteiger partial charge on any atom is 0.239 e. The molecule has 0 aromatic heterocycles. The molecule has 0 radical (unpaired) electrons. The molecule has 1 aliphatic carbocycles. The molecule has 1 unspecified atom stereocenters. The highest BCUT2D eigenvalue weighted by atomic mass is 16.5. The van der Waals surface area contributed by atoms with E-state index in [1.807, 2.05) is 0 Å². The number of nitrogens with one attached hydrogen (secondary N) is 3. The van der Waals surface area contributed by atoms with Gasteiger partial charge in [-0.15, -0.1) is 0 Å². The summed E-state index contributed by atoms with van der Waals surface area (Å²) in [4.78, 5) is 16.5. The topological polar surface area (TPSA) is 84.0 Å². The van der Waals surface area contributed by atoms with E-state index in [2.05, 4.69) is 46.1 Å². The number of rotatable bonds is 8. The van der Waals surface area contributed by atoms with E-state index in [9.17, 15) is 4.79 Å². The second-order valence-electron chi connectivity index (χ2n) is 8.33. The fraction of sp³-hybridized carbons (Fsp3) is 0.652. The van der Waals surface area contributed by atoms with E-state index in [1.54, 1.807) is 7.05 Å². The van der Waals surface area contributed by atoms with Crippen molar-refractivity contribution in [3.8, 4) is 5.75 Å².